The number of nitrogens with two attached hydrogens (primary N) is 1. The summed E-state index contributed by atoms with van der Waals surface area (Å²) in [6, 6.07) is 25.7. The van der Waals surface area contributed by atoms with Crippen LogP contribution in [0.15, 0.2) is 121 Å². The number of hydrogen-bond donors (Lipinski definition) is 8. The van der Waals surface area contributed by atoms with Gasteiger partial charge in [-0.2, -0.15) is 0 Å². The Morgan fingerprint density at radius 3 is 1.23 bits per heavy atom. The highest BCUT2D eigenvalue weighted by molar-refractivity contribution is 9.10. The van der Waals surface area contributed by atoms with Gasteiger partial charge >= 0.3 is 12.2 Å². The number of ether oxygens (including phenoxy) is 2. The van der Waals surface area contributed by atoms with E-state index in [1.807, 2.05) is 94.7 Å². The molecule has 8 N–H and O–H groups in total. The molecule has 23 nitrogen and oxygen atoms in total. The number of halogens is 1. The van der Waals surface area contributed by atoms with E-state index in [4.69, 9.17) is 40.2 Å². The van der Waals surface area contributed by atoms with Crippen molar-refractivity contribution in [3.05, 3.63) is 130 Å². The molecule has 27 heteroatoms. The van der Waals surface area contributed by atoms with Gasteiger partial charge in [-0.1, -0.05) is 79.2 Å². The van der Waals surface area contributed by atoms with Crippen molar-refractivity contribution in [1.82, 2.24) is 54.2 Å². The van der Waals surface area contributed by atoms with Gasteiger partial charge in [-0.25, -0.2) is 39.5 Å². The topological polar surface area (TPSA) is 285 Å². The Balaban J connectivity index is 0.000000152. The van der Waals surface area contributed by atoms with Crippen molar-refractivity contribution in [1.29, 1.82) is 0 Å². The second kappa shape index (κ2) is 35.9. The van der Waals surface area contributed by atoms with Crippen LogP contribution in [0.2, 0.25) is 0 Å². The van der Waals surface area contributed by atoms with E-state index >= 15 is 0 Å². The maximum Gasteiger partial charge on any atom is 0.407 e. The summed E-state index contributed by atoms with van der Waals surface area (Å²) in [5.74, 6) is 2.38. The Bertz CT molecular complexity index is 4670. The van der Waals surface area contributed by atoms with Crippen molar-refractivity contribution >= 4 is 114 Å². The molecule has 2 amide bonds. The molecule has 3 atom stereocenters. The number of carbonyl (C=O) groups excluding carboxylic acids is 2. The third-order valence-electron chi connectivity index (χ3n) is 23.0. The van der Waals surface area contributed by atoms with Crippen molar-refractivity contribution in [2.45, 2.75) is 233 Å². The monoisotopic (exact) mass is 1620 g/mol. The molecule has 6 fully saturated rings. The highest BCUT2D eigenvalue weighted by Gasteiger charge is 2.49. The summed E-state index contributed by atoms with van der Waals surface area (Å²) in [6.45, 7) is 22.1. The maximum absolute atomic E-state index is 12.5. The Morgan fingerprint density at radius 1 is 0.509 bits per heavy atom. The Labute approximate surface area is 670 Å². The number of alkyl carbamates (subject to hydrolysis) is 2. The van der Waals surface area contributed by atoms with Gasteiger partial charge < -0.3 is 74.7 Å². The van der Waals surface area contributed by atoms with Crippen LogP contribution >= 0.6 is 52.1 Å². The van der Waals surface area contributed by atoms with Gasteiger partial charge in [0.05, 0.1) is 53.5 Å². The Morgan fingerprint density at radius 2 is 0.855 bits per heavy atom. The number of aryl methyl sites for hydroxylation is 6. The van der Waals surface area contributed by atoms with Crippen molar-refractivity contribution in [2.75, 3.05) is 61.1 Å². The number of thiol groups is 1. The fourth-order valence-corrected chi connectivity index (χ4v) is 20.1. The zero-order valence-electron chi connectivity index (χ0n) is 66.4. The van der Waals surface area contributed by atoms with Crippen LogP contribution in [0.25, 0.3) is 32.7 Å². The van der Waals surface area contributed by atoms with Crippen molar-refractivity contribution in [2.24, 2.45) is 43.1 Å². The first-order chi connectivity index (χ1) is 52.5. The second-order valence-corrected chi connectivity index (χ2v) is 35.7. The molecule has 6 aliphatic rings. The average Bonchev–Trinajstić information content (AvgIpc) is 1.05. The van der Waals surface area contributed by atoms with Crippen LogP contribution in [0.5, 0.6) is 0 Å². The molecule has 3 spiro atoms. The van der Waals surface area contributed by atoms with E-state index < -0.39 is 11.2 Å². The number of anilines is 3. The number of aliphatic hydroxyl groups is 4. The predicted octanol–water partition coefficient (Wildman–Crippen LogP) is 15.4. The largest absolute Gasteiger partial charge is 0.444 e. The van der Waals surface area contributed by atoms with E-state index in [1.54, 1.807) is 23.5 Å². The Kier molecular flexibility index (Phi) is 27.3. The van der Waals surface area contributed by atoms with E-state index in [0.717, 1.165) is 189 Å². The first-order valence-corrected chi connectivity index (χ1v) is 41.6. The number of piperidine rings is 3. The SMILES string of the molecule is CO.Cc1nc(N2CCC3(CCC[C@H]3N)CC2)c(CO)nc1Sc1cccc2ccn(C)c12.Cc1nc(N2CCC3(CCC[C@H]3NC(=O)OC(C)(C)C)CC2)c(CO)nc1Br.Cc1nc(N2CCC3(CCC[C@H]3NC(=O)OC(C)(C)C)CC2)c(CO)nc1Sc1cccc2ccn(C)c12.Cn1ccc2cccc(S)c21. The maximum atomic E-state index is 12.5. The van der Waals surface area contributed by atoms with Gasteiger partial charge in [0.25, 0.3) is 0 Å². The summed E-state index contributed by atoms with van der Waals surface area (Å²) in [4.78, 5) is 63.6. The van der Waals surface area contributed by atoms with Gasteiger partial charge in [0.2, 0.25) is 0 Å². The molecule has 110 heavy (non-hydrogen) atoms. The minimum absolute atomic E-state index is 0.0821. The molecule has 3 saturated heterocycles. The molecular weight excluding hydrogens is 1510 g/mol. The molecule has 3 aliphatic heterocycles. The third kappa shape index (κ3) is 19.2. The molecule has 15 rings (SSSR count). The van der Waals surface area contributed by atoms with Crippen LogP contribution < -0.4 is 31.1 Å². The zero-order chi connectivity index (χ0) is 79.0. The first-order valence-electron chi connectivity index (χ1n) is 38.7. The zero-order valence-corrected chi connectivity index (χ0v) is 70.5. The number of benzene rings is 3. The number of hydrogen-bond acceptors (Lipinski definition) is 21. The fourth-order valence-electron chi connectivity index (χ4n) is 17.3. The van der Waals surface area contributed by atoms with Gasteiger partial charge in [-0.05, 0) is 208 Å². The molecule has 594 valence electrons. The molecule has 3 aromatic carbocycles. The Hall–Kier alpha value is -7.21. The number of para-hydroxylation sites is 3. The van der Waals surface area contributed by atoms with E-state index in [9.17, 15) is 24.9 Å². The summed E-state index contributed by atoms with van der Waals surface area (Å²) in [6.07, 6.45) is 21.8. The average molecular weight is 1630 g/mol. The van der Waals surface area contributed by atoms with Crippen LogP contribution in [-0.2, 0) is 50.4 Å². The smallest absolute Gasteiger partial charge is 0.407 e. The number of rotatable bonds is 12. The minimum atomic E-state index is -0.506. The fraction of sp³-hybridized carbons (Fsp3) is 0.542. The van der Waals surface area contributed by atoms with Crippen LogP contribution in [0, 0.1) is 37.0 Å². The summed E-state index contributed by atoms with van der Waals surface area (Å²) in [5.41, 5.74) is 14.0. The lowest BCUT2D eigenvalue weighted by atomic mass is 9.74. The minimum Gasteiger partial charge on any atom is -0.444 e. The van der Waals surface area contributed by atoms with Gasteiger partial charge in [-0.3, -0.25) is 0 Å². The standard InChI is InChI=1S/C29H39N5O3S.C24H31N5OS.C20H31BrN4O3.C9H9NS.CH4O/c1-19-26(38-22-9-6-8-20-11-15-33(5)24(20)22)31-21(18-35)25(30-19)34-16-13-29(14-17-34)12-7-10-23(29)32-27(36)37-28(2,3)4;1-16-23(31-19-6-3-5-17-8-12-28(2)21(17)19)27-18(15-30)22(26-16)29-13-10-24(11-14-29)9-4-7-20(24)25;1-13-16(21)23-14(12-26)17(22-13)25-10-8-20(9-11-25)7-5-6-15(20)24-18(27)28-19(2,3)4;1-10-6-5-7-3-2-4-8(11)9(7)10;1-2/h6,8-9,11,15,23,35H,7,10,12-14,16-18H2,1-5H3,(H,32,36);3,5-6,8,12,20,30H,4,7,9-11,13-15,25H2,1-2H3;15,26H,5-12H2,1-4H3,(H,24,27);2-6,11H,1H3;2H,1H3/t23-;20-;15-;;/m111../s1. The van der Waals surface area contributed by atoms with Crippen molar-refractivity contribution in [3.8, 4) is 0 Å². The molecule has 9 aromatic rings. The molecule has 3 saturated carbocycles. The van der Waals surface area contributed by atoms with Gasteiger partial charge in [0.1, 0.15) is 42.9 Å². The second-order valence-electron chi connectivity index (χ2n) is 32.4. The quantitative estimate of drug-likeness (QED) is 0.0528. The molecule has 0 bridgehead atoms. The van der Waals surface area contributed by atoms with Crippen LogP contribution in [-0.4, -0.2) is 152 Å². The number of nitrogens with one attached hydrogen (secondary N) is 2. The van der Waals surface area contributed by atoms with E-state index in [0.29, 0.717) is 33.1 Å². The first kappa shape index (κ1) is 83.7. The number of aliphatic hydroxyl groups excluding tert-OH is 4. The van der Waals surface area contributed by atoms with Crippen molar-refractivity contribution in [3.63, 3.8) is 0 Å². The number of carbonyl (C=O) groups is 2. The molecule has 0 radical (unpaired) electrons. The van der Waals surface area contributed by atoms with E-state index in [-0.39, 0.29) is 54.9 Å². The van der Waals surface area contributed by atoms with Crippen molar-refractivity contribution < 1.29 is 39.5 Å². The normalized spacial score (nSPS) is 19.2. The summed E-state index contributed by atoms with van der Waals surface area (Å²) in [7, 11) is 7.14. The lowest BCUT2D eigenvalue weighted by Gasteiger charge is -2.44. The van der Waals surface area contributed by atoms with Gasteiger partial charge in [0, 0.05) is 135 Å². The van der Waals surface area contributed by atoms with Crippen LogP contribution in [0.3, 0.4) is 0 Å². The highest BCUT2D eigenvalue weighted by Crippen LogP contribution is 2.50. The van der Waals surface area contributed by atoms with Crippen LogP contribution in [0.1, 0.15) is 172 Å². The summed E-state index contributed by atoms with van der Waals surface area (Å²) in [5, 5.41) is 48.7. The molecular formula is C83H114BrN15O8S3. The molecule has 6 aromatic heterocycles. The molecule has 0 unspecified atom stereocenters. The number of aromatic nitrogens is 9. The third-order valence-corrected chi connectivity index (χ3v) is 26.4. The highest BCUT2D eigenvalue weighted by atomic mass is 79.9. The van der Waals surface area contributed by atoms with E-state index in [2.05, 4.69) is 158 Å². The van der Waals surface area contributed by atoms with Gasteiger partial charge in [-0.15, -0.1) is 12.6 Å². The summed E-state index contributed by atoms with van der Waals surface area (Å²) >= 11 is 11.0. The number of amides is 2. The molecule has 3 aliphatic carbocycles. The van der Waals surface area contributed by atoms with Crippen LogP contribution in [0.4, 0.5) is 27.0 Å². The lowest BCUT2D eigenvalue weighted by Crippen LogP contribution is -2.51. The predicted molar refractivity (Wildman–Crippen MR) is 446 cm³/mol. The van der Waals surface area contributed by atoms with Gasteiger partial charge in [0.15, 0.2) is 17.5 Å². The van der Waals surface area contributed by atoms with E-state index in [1.165, 1.54) is 45.6 Å². The molecule has 9 heterocycles. The number of nitrogens with zero attached hydrogens (tertiary/aromatic N) is 12. The summed E-state index contributed by atoms with van der Waals surface area (Å²) < 4.78 is 18.0. The number of fused-ring (bicyclic) bond motifs is 3. The lowest BCUT2D eigenvalue weighted by molar-refractivity contribution is 0.0431.